The van der Waals surface area contributed by atoms with Crippen LogP contribution in [-0.2, 0) is 10.9 Å². The number of unbranched alkanes of at least 4 members (excludes halogenated alkanes) is 10. The number of rotatable bonds is 14. The first kappa shape index (κ1) is 20.8. The molecule has 0 aliphatic heterocycles. The van der Waals surface area contributed by atoms with Crippen molar-refractivity contribution in [2.75, 3.05) is 11.5 Å². The summed E-state index contributed by atoms with van der Waals surface area (Å²) in [7, 11) is 0.307. The Labute approximate surface area is 141 Å². The largest absolute Gasteiger partial charge is 0.250 e. The molecule has 3 heteroatoms. The Hall–Kier alpha value is 0.790. The van der Waals surface area contributed by atoms with Crippen molar-refractivity contribution in [1.29, 1.82) is 0 Å². The van der Waals surface area contributed by atoms with Gasteiger partial charge in [-0.2, -0.15) is 0 Å². The van der Waals surface area contributed by atoms with E-state index in [9.17, 15) is 0 Å². The molecule has 1 atom stereocenters. The lowest BCUT2D eigenvalue weighted by atomic mass is 10.1. The highest BCUT2D eigenvalue weighted by Crippen LogP contribution is 2.14. The van der Waals surface area contributed by atoms with Crippen molar-refractivity contribution in [2.24, 2.45) is 0 Å². The minimum Gasteiger partial charge on any atom is -0.0799 e. The zero-order chi connectivity index (χ0) is 15.1. The van der Waals surface area contributed by atoms with Crippen molar-refractivity contribution in [3.8, 4) is 0 Å². The van der Waals surface area contributed by atoms with Crippen LogP contribution in [-0.4, -0.2) is 15.0 Å². The zero-order valence-electron chi connectivity index (χ0n) is 13.7. The van der Waals surface area contributed by atoms with Gasteiger partial charge in [-0.15, -0.1) is 0 Å². The second-order valence-electron chi connectivity index (χ2n) is 5.70. The van der Waals surface area contributed by atoms with Crippen molar-refractivity contribution in [3.63, 3.8) is 0 Å². The average Bonchev–Trinajstić information content (AvgIpc) is 2.43. The first-order chi connectivity index (χ1) is 9.72. The summed E-state index contributed by atoms with van der Waals surface area (Å²) in [5, 5.41) is 0. The summed E-state index contributed by atoms with van der Waals surface area (Å²) in [4.78, 5) is 0. The van der Waals surface area contributed by atoms with Gasteiger partial charge in [0.2, 0.25) is 3.53 Å². The zero-order valence-corrected chi connectivity index (χ0v) is 16.2. The van der Waals surface area contributed by atoms with E-state index in [-0.39, 0.29) is 0 Å². The standard InChI is InChI=1S/C17H34S3/c1-3-5-7-8-9-10-11-12-13-14-16-20(17(18)19)15-6-4-2/h3-16H2,1-2H3/p+1. The Bertz CT molecular complexity index is 216. The van der Waals surface area contributed by atoms with Crippen LogP contribution in [0.2, 0.25) is 0 Å². The molecule has 0 aliphatic rings. The highest BCUT2D eigenvalue weighted by atomic mass is 32.3. The van der Waals surface area contributed by atoms with Gasteiger partial charge >= 0.3 is 0 Å². The summed E-state index contributed by atoms with van der Waals surface area (Å²) >= 11 is 9.69. The lowest BCUT2D eigenvalue weighted by Gasteiger charge is -2.06. The van der Waals surface area contributed by atoms with Crippen LogP contribution in [0.1, 0.15) is 90.9 Å². The molecule has 0 radical (unpaired) electrons. The predicted molar refractivity (Wildman–Crippen MR) is 105 cm³/mol. The van der Waals surface area contributed by atoms with Gasteiger partial charge in [0.05, 0.1) is 0 Å². The van der Waals surface area contributed by atoms with Crippen LogP contribution >= 0.6 is 24.8 Å². The molecule has 0 rings (SSSR count). The average molecular weight is 336 g/mol. The molecule has 1 unspecified atom stereocenters. The van der Waals surface area contributed by atoms with Crippen molar-refractivity contribution < 1.29 is 0 Å². The Kier molecular flexibility index (Phi) is 16.8. The maximum absolute atomic E-state index is 5.28. The van der Waals surface area contributed by atoms with Gasteiger partial charge in [0.15, 0.2) is 0 Å². The molecule has 0 aromatic heterocycles. The van der Waals surface area contributed by atoms with E-state index in [1.807, 2.05) is 0 Å². The van der Waals surface area contributed by atoms with Gasteiger partial charge in [0.25, 0.3) is 0 Å². The Morgan fingerprint density at radius 1 is 0.700 bits per heavy atom. The molecule has 0 aromatic carbocycles. The quantitative estimate of drug-likeness (QED) is 0.163. The van der Waals surface area contributed by atoms with Gasteiger partial charge < -0.3 is 0 Å². The number of thiocarbonyl (C=S) groups is 1. The molecule has 0 bridgehead atoms. The molecular formula is C17H35S3+. The van der Waals surface area contributed by atoms with Gasteiger partial charge in [0, 0.05) is 10.9 Å². The van der Waals surface area contributed by atoms with Gasteiger partial charge in [-0.25, -0.2) is 0 Å². The van der Waals surface area contributed by atoms with Crippen LogP contribution < -0.4 is 0 Å². The van der Waals surface area contributed by atoms with E-state index < -0.39 is 0 Å². The molecule has 120 valence electrons. The van der Waals surface area contributed by atoms with Crippen LogP contribution in [0.15, 0.2) is 0 Å². The maximum atomic E-state index is 5.28. The van der Waals surface area contributed by atoms with Crippen molar-refractivity contribution >= 4 is 39.3 Å². The molecular weight excluding hydrogens is 300 g/mol. The molecule has 0 saturated heterocycles. The predicted octanol–water partition coefficient (Wildman–Crippen LogP) is 6.54. The van der Waals surface area contributed by atoms with Gasteiger partial charge in [-0.1, -0.05) is 84.3 Å². The summed E-state index contributed by atoms with van der Waals surface area (Å²) in [5.74, 6) is 2.56. The molecule has 0 amide bonds. The van der Waals surface area contributed by atoms with Crippen LogP contribution in [0.5, 0.6) is 0 Å². The van der Waals surface area contributed by atoms with Gasteiger partial charge in [0.1, 0.15) is 11.5 Å². The third-order valence-corrected chi connectivity index (χ3v) is 7.27. The Balaban J connectivity index is 3.34. The highest BCUT2D eigenvalue weighted by Gasteiger charge is 2.20. The molecule has 20 heavy (non-hydrogen) atoms. The normalized spacial score (nSPS) is 12.6. The molecule has 0 aliphatic carbocycles. The smallest absolute Gasteiger partial charge is 0.0799 e. The topological polar surface area (TPSA) is 0 Å². The first-order valence-electron chi connectivity index (χ1n) is 8.62. The second kappa shape index (κ2) is 16.2. The molecule has 0 spiro atoms. The fraction of sp³-hybridized carbons (Fsp3) is 0.941. The lowest BCUT2D eigenvalue weighted by Crippen LogP contribution is -2.17. The molecule has 0 aromatic rings. The SMILES string of the molecule is CCCCCCCCCCCC[S+](CCCC)C(=S)S. The summed E-state index contributed by atoms with van der Waals surface area (Å²) in [5.41, 5.74) is 0. The van der Waals surface area contributed by atoms with Crippen LogP contribution in [0, 0.1) is 0 Å². The van der Waals surface area contributed by atoms with E-state index in [0.717, 1.165) is 3.53 Å². The third-order valence-electron chi connectivity index (χ3n) is 3.74. The Morgan fingerprint density at radius 2 is 1.10 bits per heavy atom. The fourth-order valence-corrected chi connectivity index (χ4v) is 5.15. The second-order valence-corrected chi connectivity index (χ2v) is 9.63. The third kappa shape index (κ3) is 13.8. The molecule has 0 heterocycles. The van der Waals surface area contributed by atoms with E-state index in [1.165, 1.54) is 88.6 Å². The van der Waals surface area contributed by atoms with E-state index >= 15 is 0 Å². The summed E-state index contributed by atoms with van der Waals surface area (Å²) in [6, 6.07) is 0. The minimum atomic E-state index is 0.307. The summed E-state index contributed by atoms with van der Waals surface area (Å²) in [6.45, 7) is 4.54. The minimum absolute atomic E-state index is 0.307. The molecule has 0 N–H and O–H groups in total. The van der Waals surface area contributed by atoms with Crippen LogP contribution in [0.3, 0.4) is 0 Å². The summed E-state index contributed by atoms with van der Waals surface area (Å²) in [6.07, 6.45) is 16.7. The van der Waals surface area contributed by atoms with E-state index in [2.05, 4.69) is 26.5 Å². The fourth-order valence-electron chi connectivity index (χ4n) is 2.36. The van der Waals surface area contributed by atoms with E-state index in [4.69, 9.17) is 12.2 Å². The monoisotopic (exact) mass is 335 g/mol. The first-order valence-corrected chi connectivity index (χ1v) is 11.0. The number of hydrogen-bond donors (Lipinski definition) is 1. The molecule has 0 fully saturated rings. The van der Waals surface area contributed by atoms with E-state index in [0.29, 0.717) is 10.9 Å². The summed E-state index contributed by atoms with van der Waals surface area (Å²) < 4.78 is 0.967. The molecule has 0 saturated carbocycles. The number of hydrogen-bond acceptors (Lipinski definition) is 1. The van der Waals surface area contributed by atoms with Gasteiger partial charge in [-0.3, -0.25) is 0 Å². The van der Waals surface area contributed by atoms with Crippen molar-refractivity contribution in [1.82, 2.24) is 0 Å². The van der Waals surface area contributed by atoms with Crippen molar-refractivity contribution in [2.45, 2.75) is 90.9 Å². The molecule has 0 nitrogen and oxygen atoms in total. The lowest BCUT2D eigenvalue weighted by molar-refractivity contribution is 0.563. The highest BCUT2D eigenvalue weighted by molar-refractivity contribution is 8.39. The van der Waals surface area contributed by atoms with E-state index in [1.54, 1.807) is 0 Å². The van der Waals surface area contributed by atoms with Crippen LogP contribution in [0.4, 0.5) is 0 Å². The maximum Gasteiger partial charge on any atom is 0.250 e. The van der Waals surface area contributed by atoms with Crippen LogP contribution in [0.25, 0.3) is 0 Å². The Morgan fingerprint density at radius 3 is 1.55 bits per heavy atom. The van der Waals surface area contributed by atoms with Gasteiger partial charge in [-0.05, 0) is 31.5 Å². The van der Waals surface area contributed by atoms with Crippen molar-refractivity contribution in [3.05, 3.63) is 0 Å². The number of thiol groups is 1.